The number of nitrogens with zero attached hydrogens (tertiary/aromatic N) is 2. The first kappa shape index (κ1) is 16.8. The number of nitrogens with one attached hydrogen (secondary N) is 1. The molecule has 0 spiro atoms. The van der Waals surface area contributed by atoms with Gasteiger partial charge in [0, 0.05) is 25.1 Å². The number of hydrogen-bond donors (Lipinski definition) is 1. The summed E-state index contributed by atoms with van der Waals surface area (Å²) in [6, 6.07) is 16.2. The molecule has 2 aliphatic rings. The van der Waals surface area contributed by atoms with E-state index in [9.17, 15) is 0 Å². The number of ether oxygens (including phenoxy) is 2. The molecule has 1 N–H and O–H groups in total. The summed E-state index contributed by atoms with van der Waals surface area (Å²) in [5.41, 5.74) is 5.28. The van der Waals surface area contributed by atoms with Crippen molar-refractivity contribution < 1.29 is 9.47 Å². The zero-order chi connectivity index (χ0) is 17.8. The SMILES string of the molecule is N#Cc1ccc(-c2cccc(CC3CNCCO3)c2C2CN=CO2)cc1. The lowest BCUT2D eigenvalue weighted by Gasteiger charge is -2.26. The molecule has 2 aromatic rings. The van der Waals surface area contributed by atoms with E-state index in [1.54, 1.807) is 6.40 Å². The van der Waals surface area contributed by atoms with Gasteiger partial charge in [0.05, 0.1) is 30.9 Å². The maximum Gasteiger partial charge on any atom is 0.170 e. The second-order valence-electron chi connectivity index (χ2n) is 6.56. The number of rotatable bonds is 4. The van der Waals surface area contributed by atoms with Crippen molar-refractivity contribution in [1.82, 2.24) is 5.32 Å². The number of benzene rings is 2. The van der Waals surface area contributed by atoms with Crippen molar-refractivity contribution in [2.45, 2.75) is 18.6 Å². The smallest absolute Gasteiger partial charge is 0.170 e. The van der Waals surface area contributed by atoms with Crippen LogP contribution in [0.1, 0.15) is 22.8 Å². The van der Waals surface area contributed by atoms with Crippen LogP contribution in [0.25, 0.3) is 11.1 Å². The molecule has 2 unspecified atom stereocenters. The maximum absolute atomic E-state index is 9.05. The molecule has 5 nitrogen and oxygen atoms in total. The van der Waals surface area contributed by atoms with Gasteiger partial charge < -0.3 is 14.8 Å². The fourth-order valence-corrected chi connectivity index (χ4v) is 3.60. The van der Waals surface area contributed by atoms with Crippen molar-refractivity contribution >= 4 is 6.40 Å². The van der Waals surface area contributed by atoms with E-state index in [0.29, 0.717) is 12.1 Å². The lowest BCUT2D eigenvalue weighted by molar-refractivity contribution is 0.0289. The molecule has 2 heterocycles. The molecule has 0 aromatic heterocycles. The molecule has 0 saturated carbocycles. The molecule has 0 amide bonds. The third-order valence-electron chi connectivity index (χ3n) is 4.87. The molecule has 2 aromatic carbocycles. The van der Waals surface area contributed by atoms with Gasteiger partial charge in [-0.15, -0.1) is 0 Å². The minimum absolute atomic E-state index is 0.0756. The molecule has 1 fully saturated rings. The van der Waals surface area contributed by atoms with Crippen LogP contribution in [0.4, 0.5) is 0 Å². The van der Waals surface area contributed by atoms with Crippen molar-refractivity contribution in [2.75, 3.05) is 26.2 Å². The fourth-order valence-electron chi connectivity index (χ4n) is 3.60. The van der Waals surface area contributed by atoms with Crippen LogP contribution in [0.2, 0.25) is 0 Å². The zero-order valence-corrected chi connectivity index (χ0v) is 14.5. The maximum atomic E-state index is 9.05. The third-order valence-corrected chi connectivity index (χ3v) is 4.87. The van der Waals surface area contributed by atoms with Crippen LogP contribution in [-0.4, -0.2) is 38.7 Å². The summed E-state index contributed by atoms with van der Waals surface area (Å²) in [6.07, 6.45) is 2.48. The van der Waals surface area contributed by atoms with Crippen LogP contribution in [0.3, 0.4) is 0 Å². The highest BCUT2D eigenvalue weighted by Gasteiger charge is 2.25. The Morgan fingerprint density at radius 1 is 1.19 bits per heavy atom. The van der Waals surface area contributed by atoms with Crippen molar-refractivity contribution in [2.24, 2.45) is 4.99 Å². The Labute approximate surface area is 153 Å². The van der Waals surface area contributed by atoms with Gasteiger partial charge in [-0.05, 0) is 28.8 Å². The Balaban J connectivity index is 1.72. The first-order chi connectivity index (χ1) is 12.8. The molecule has 1 saturated heterocycles. The number of aliphatic imine (C=N–C) groups is 1. The standard InChI is InChI=1S/C21H21N3O2/c22-11-15-4-6-16(7-5-15)19-3-1-2-17(10-18-12-23-8-9-25-18)21(19)20-13-24-14-26-20/h1-7,14,18,20,23H,8-10,12-13H2. The van der Waals surface area contributed by atoms with Crippen LogP contribution in [-0.2, 0) is 15.9 Å². The van der Waals surface area contributed by atoms with Gasteiger partial charge in [0.25, 0.3) is 0 Å². The van der Waals surface area contributed by atoms with Crippen LogP contribution in [0, 0.1) is 11.3 Å². The van der Waals surface area contributed by atoms with E-state index in [-0.39, 0.29) is 12.2 Å². The van der Waals surface area contributed by atoms with Gasteiger partial charge in [-0.3, -0.25) is 4.99 Å². The minimum atomic E-state index is -0.0756. The van der Waals surface area contributed by atoms with Gasteiger partial charge in [0.15, 0.2) is 6.40 Å². The van der Waals surface area contributed by atoms with E-state index in [0.717, 1.165) is 37.2 Å². The zero-order valence-electron chi connectivity index (χ0n) is 14.5. The summed E-state index contributed by atoms with van der Waals surface area (Å²) in [6.45, 7) is 3.15. The summed E-state index contributed by atoms with van der Waals surface area (Å²) >= 11 is 0. The monoisotopic (exact) mass is 347 g/mol. The Kier molecular flexibility index (Phi) is 4.96. The average Bonchev–Trinajstić information content (AvgIpc) is 3.23. The summed E-state index contributed by atoms with van der Waals surface area (Å²) in [5, 5.41) is 12.4. The van der Waals surface area contributed by atoms with Crippen molar-refractivity contribution in [3.8, 4) is 17.2 Å². The van der Waals surface area contributed by atoms with E-state index in [2.05, 4.69) is 34.6 Å². The summed E-state index contributed by atoms with van der Waals surface area (Å²) in [7, 11) is 0. The number of hydrogen-bond acceptors (Lipinski definition) is 5. The summed E-state index contributed by atoms with van der Waals surface area (Å²) in [4.78, 5) is 4.26. The van der Waals surface area contributed by atoms with Crippen LogP contribution in [0.5, 0.6) is 0 Å². The largest absolute Gasteiger partial charge is 0.474 e. The topological polar surface area (TPSA) is 66.6 Å². The average molecular weight is 347 g/mol. The second-order valence-corrected chi connectivity index (χ2v) is 6.56. The highest BCUT2D eigenvalue weighted by atomic mass is 16.5. The molecule has 5 heteroatoms. The van der Waals surface area contributed by atoms with Crippen LogP contribution >= 0.6 is 0 Å². The van der Waals surface area contributed by atoms with Crippen molar-refractivity contribution in [3.05, 3.63) is 59.2 Å². The second kappa shape index (κ2) is 7.69. The molecular weight excluding hydrogens is 326 g/mol. The normalized spacial score (nSPS) is 22.0. The van der Waals surface area contributed by atoms with Gasteiger partial charge in [0.1, 0.15) is 6.10 Å². The predicted octanol–water partition coefficient (Wildman–Crippen LogP) is 2.86. The molecule has 0 radical (unpaired) electrons. The quantitative estimate of drug-likeness (QED) is 0.923. The Morgan fingerprint density at radius 2 is 2.08 bits per heavy atom. The third kappa shape index (κ3) is 3.48. The summed E-state index contributed by atoms with van der Waals surface area (Å²) < 4.78 is 11.7. The first-order valence-electron chi connectivity index (χ1n) is 8.93. The van der Waals surface area contributed by atoms with Crippen LogP contribution < -0.4 is 5.32 Å². The molecule has 0 bridgehead atoms. The van der Waals surface area contributed by atoms with Gasteiger partial charge in [-0.1, -0.05) is 30.3 Å². The van der Waals surface area contributed by atoms with Gasteiger partial charge in [0.2, 0.25) is 0 Å². The lowest BCUT2D eigenvalue weighted by atomic mass is 9.89. The van der Waals surface area contributed by atoms with Gasteiger partial charge in [-0.25, -0.2) is 0 Å². The predicted molar refractivity (Wildman–Crippen MR) is 100 cm³/mol. The Morgan fingerprint density at radius 3 is 2.77 bits per heavy atom. The number of morpholine rings is 1. The number of nitriles is 1. The minimum Gasteiger partial charge on any atom is -0.474 e. The molecule has 0 aliphatic carbocycles. The van der Waals surface area contributed by atoms with Crippen molar-refractivity contribution in [1.29, 1.82) is 5.26 Å². The Bertz CT molecular complexity index is 825. The summed E-state index contributed by atoms with van der Waals surface area (Å²) in [5.74, 6) is 0. The van der Waals surface area contributed by atoms with E-state index >= 15 is 0 Å². The first-order valence-corrected chi connectivity index (χ1v) is 8.93. The molecule has 132 valence electrons. The van der Waals surface area contributed by atoms with Gasteiger partial charge >= 0.3 is 0 Å². The fraction of sp³-hybridized carbons (Fsp3) is 0.333. The molecular formula is C21H21N3O2. The lowest BCUT2D eigenvalue weighted by Crippen LogP contribution is -2.39. The molecule has 2 aliphatic heterocycles. The van der Waals surface area contributed by atoms with Crippen LogP contribution in [0.15, 0.2) is 47.5 Å². The highest BCUT2D eigenvalue weighted by molar-refractivity contribution is 5.71. The van der Waals surface area contributed by atoms with Crippen molar-refractivity contribution in [3.63, 3.8) is 0 Å². The van der Waals surface area contributed by atoms with E-state index < -0.39 is 0 Å². The molecule has 26 heavy (non-hydrogen) atoms. The highest BCUT2D eigenvalue weighted by Crippen LogP contribution is 2.35. The van der Waals surface area contributed by atoms with Gasteiger partial charge in [-0.2, -0.15) is 5.26 Å². The molecule has 2 atom stereocenters. The molecule has 4 rings (SSSR count). The van der Waals surface area contributed by atoms with E-state index in [1.165, 1.54) is 11.1 Å². The van der Waals surface area contributed by atoms with E-state index in [4.69, 9.17) is 14.7 Å². The Hall–Kier alpha value is -2.68. The van der Waals surface area contributed by atoms with E-state index in [1.807, 2.05) is 24.3 Å².